The van der Waals surface area contributed by atoms with Crippen molar-refractivity contribution in [2.45, 2.75) is 46.1 Å². The van der Waals surface area contributed by atoms with Crippen molar-refractivity contribution < 1.29 is 4.79 Å². The lowest BCUT2D eigenvalue weighted by atomic mass is 9.98. The van der Waals surface area contributed by atoms with E-state index in [2.05, 4.69) is 10.4 Å². The molecule has 2 aliphatic carbocycles. The van der Waals surface area contributed by atoms with Crippen LogP contribution in [0, 0.1) is 31.6 Å². The van der Waals surface area contributed by atoms with Crippen LogP contribution in [0.15, 0.2) is 0 Å². The van der Waals surface area contributed by atoms with Gasteiger partial charge in [-0.15, -0.1) is 0 Å². The van der Waals surface area contributed by atoms with Gasteiger partial charge in [-0.3, -0.25) is 9.48 Å². The molecule has 0 atom stereocenters. The van der Waals surface area contributed by atoms with Gasteiger partial charge in [0.2, 0.25) is 5.91 Å². The molecule has 2 fully saturated rings. The lowest BCUT2D eigenvalue weighted by molar-refractivity contribution is -0.122. The van der Waals surface area contributed by atoms with Crippen LogP contribution in [0.25, 0.3) is 0 Å². The lowest BCUT2D eigenvalue weighted by Crippen LogP contribution is -2.34. The number of nitrogens with one attached hydrogen (secondary N) is 1. The number of nitrogen functional groups attached to an aromatic ring is 1. The van der Waals surface area contributed by atoms with E-state index in [1.54, 1.807) is 4.68 Å². The third-order valence-electron chi connectivity index (χ3n) is 4.72. The molecule has 5 heteroatoms. The zero-order valence-electron chi connectivity index (χ0n) is 12.4. The van der Waals surface area contributed by atoms with Crippen LogP contribution in [0.2, 0.25) is 0 Å². The van der Waals surface area contributed by atoms with Crippen molar-refractivity contribution in [2.24, 2.45) is 17.8 Å². The molecule has 0 spiro atoms. The van der Waals surface area contributed by atoms with Crippen molar-refractivity contribution in [3.8, 4) is 0 Å². The summed E-state index contributed by atoms with van der Waals surface area (Å²) in [4.78, 5) is 12.1. The molecule has 0 aliphatic heterocycles. The van der Waals surface area contributed by atoms with Gasteiger partial charge in [-0.1, -0.05) is 0 Å². The van der Waals surface area contributed by atoms with Gasteiger partial charge in [0.15, 0.2) is 0 Å². The van der Waals surface area contributed by atoms with Crippen molar-refractivity contribution in [3.05, 3.63) is 11.4 Å². The van der Waals surface area contributed by atoms with Crippen molar-refractivity contribution >= 4 is 11.6 Å². The smallest absolute Gasteiger partial charge is 0.241 e. The molecule has 3 rings (SSSR count). The Morgan fingerprint density at radius 1 is 1.35 bits per heavy atom. The quantitative estimate of drug-likeness (QED) is 0.829. The molecule has 0 bridgehead atoms. The summed E-state index contributed by atoms with van der Waals surface area (Å²) < 4.78 is 1.70. The Balaban J connectivity index is 1.52. The minimum atomic E-state index is 0.0434. The van der Waals surface area contributed by atoms with Crippen LogP contribution in [0.3, 0.4) is 0 Å². The van der Waals surface area contributed by atoms with E-state index in [0.29, 0.717) is 11.6 Å². The number of aromatic nitrogens is 2. The van der Waals surface area contributed by atoms with Crippen molar-refractivity contribution in [1.29, 1.82) is 0 Å². The SMILES string of the molecule is Cc1nn(CC(=O)NCC(C2CC2)C2CC2)c(C)c1N. The molecule has 2 saturated carbocycles. The maximum Gasteiger partial charge on any atom is 0.241 e. The Hall–Kier alpha value is -1.52. The van der Waals surface area contributed by atoms with Gasteiger partial charge in [-0.05, 0) is 57.3 Å². The number of nitrogens with zero attached hydrogens (tertiary/aromatic N) is 2. The molecule has 5 nitrogen and oxygen atoms in total. The molecular formula is C15H24N4O. The summed E-state index contributed by atoms with van der Waals surface area (Å²) in [7, 11) is 0. The normalized spacial score (nSPS) is 18.6. The van der Waals surface area contributed by atoms with Gasteiger partial charge < -0.3 is 11.1 Å². The number of carbonyl (C=O) groups excluding carboxylic acids is 1. The molecule has 1 aromatic heterocycles. The molecular weight excluding hydrogens is 252 g/mol. The van der Waals surface area contributed by atoms with Gasteiger partial charge in [-0.2, -0.15) is 5.10 Å². The Morgan fingerprint density at radius 2 is 1.95 bits per heavy atom. The second-order valence-corrected chi connectivity index (χ2v) is 6.38. The first kappa shape index (κ1) is 13.5. The standard InChI is InChI=1S/C15H24N4O/c1-9-15(16)10(2)19(18-9)8-14(20)17-7-13(11-3-4-11)12-5-6-12/h11-13H,3-8,16H2,1-2H3,(H,17,20). The third kappa shape index (κ3) is 2.81. The van der Waals surface area contributed by atoms with Crippen LogP contribution in [0.4, 0.5) is 5.69 Å². The minimum Gasteiger partial charge on any atom is -0.396 e. The van der Waals surface area contributed by atoms with Crippen LogP contribution in [-0.2, 0) is 11.3 Å². The van der Waals surface area contributed by atoms with Crippen molar-refractivity contribution in [3.63, 3.8) is 0 Å². The summed E-state index contributed by atoms with van der Waals surface area (Å²) in [6.07, 6.45) is 5.41. The van der Waals surface area contributed by atoms with E-state index in [1.807, 2.05) is 13.8 Å². The van der Waals surface area contributed by atoms with Gasteiger partial charge in [0.05, 0.1) is 17.1 Å². The number of nitrogens with two attached hydrogens (primary N) is 1. The fourth-order valence-electron chi connectivity index (χ4n) is 3.06. The highest BCUT2D eigenvalue weighted by Crippen LogP contribution is 2.48. The highest BCUT2D eigenvalue weighted by molar-refractivity contribution is 5.76. The van der Waals surface area contributed by atoms with E-state index in [4.69, 9.17) is 5.73 Å². The number of amides is 1. The maximum absolute atomic E-state index is 12.1. The fraction of sp³-hybridized carbons (Fsp3) is 0.733. The fourth-order valence-corrected chi connectivity index (χ4v) is 3.06. The average Bonchev–Trinajstić information content (AvgIpc) is 3.27. The van der Waals surface area contributed by atoms with Crippen LogP contribution >= 0.6 is 0 Å². The average molecular weight is 276 g/mol. The zero-order valence-corrected chi connectivity index (χ0v) is 12.4. The summed E-state index contributed by atoms with van der Waals surface area (Å²) >= 11 is 0. The van der Waals surface area contributed by atoms with Crippen LogP contribution < -0.4 is 11.1 Å². The van der Waals surface area contributed by atoms with E-state index >= 15 is 0 Å². The van der Waals surface area contributed by atoms with Crippen molar-refractivity contribution in [2.75, 3.05) is 12.3 Å². The predicted octanol–water partition coefficient (Wildman–Crippen LogP) is 1.63. The summed E-state index contributed by atoms with van der Waals surface area (Å²) in [5.41, 5.74) is 8.24. The second kappa shape index (κ2) is 5.11. The number of hydrogen-bond acceptors (Lipinski definition) is 3. The topological polar surface area (TPSA) is 72.9 Å². The minimum absolute atomic E-state index is 0.0434. The highest BCUT2D eigenvalue weighted by Gasteiger charge is 2.41. The van der Waals surface area contributed by atoms with E-state index < -0.39 is 0 Å². The molecule has 0 saturated heterocycles. The van der Waals surface area contributed by atoms with Gasteiger partial charge in [-0.25, -0.2) is 0 Å². The van der Waals surface area contributed by atoms with E-state index in [-0.39, 0.29) is 12.5 Å². The first-order valence-corrected chi connectivity index (χ1v) is 7.62. The largest absolute Gasteiger partial charge is 0.396 e. The lowest BCUT2D eigenvalue weighted by Gasteiger charge is -2.16. The maximum atomic E-state index is 12.1. The molecule has 2 aliphatic rings. The summed E-state index contributed by atoms with van der Waals surface area (Å²) in [5.74, 6) is 2.49. The molecule has 110 valence electrons. The second-order valence-electron chi connectivity index (χ2n) is 6.38. The molecule has 1 heterocycles. The number of rotatable bonds is 6. The molecule has 1 amide bonds. The third-order valence-corrected chi connectivity index (χ3v) is 4.72. The number of hydrogen-bond donors (Lipinski definition) is 2. The van der Waals surface area contributed by atoms with Gasteiger partial charge >= 0.3 is 0 Å². The summed E-state index contributed by atoms with van der Waals surface area (Å²) in [6.45, 7) is 4.88. The van der Waals surface area contributed by atoms with Crippen LogP contribution in [0.5, 0.6) is 0 Å². The molecule has 20 heavy (non-hydrogen) atoms. The monoisotopic (exact) mass is 276 g/mol. The molecule has 0 radical (unpaired) electrons. The summed E-state index contributed by atoms with van der Waals surface area (Å²) in [5, 5.41) is 7.39. The van der Waals surface area contributed by atoms with Crippen LogP contribution in [-0.4, -0.2) is 22.2 Å². The van der Waals surface area contributed by atoms with Crippen LogP contribution in [0.1, 0.15) is 37.1 Å². The van der Waals surface area contributed by atoms with Crippen molar-refractivity contribution in [1.82, 2.24) is 15.1 Å². The highest BCUT2D eigenvalue weighted by atomic mass is 16.2. The number of anilines is 1. The first-order chi connectivity index (χ1) is 9.56. The van der Waals surface area contributed by atoms with E-state index in [9.17, 15) is 4.79 Å². The van der Waals surface area contributed by atoms with E-state index in [0.717, 1.165) is 29.8 Å². The Kier molecular flexibility index (Phi) is 3.44. The van der Waals surface area contributed by atoms with Gasteiger partial charge in [0, 0.05) is 6.54 Å². The molecule has 1 aromatic rings. The number of aryl methyl sites for hydroxylation is 1. The molecule has 0 aromatic carbocycles. The van der Waals surface area contributed by atoms with Gasteiger partial charge in [0.1, 0.15) is 6.54 Å². The Bertz CT molecular complexity index is 502. The zero-order chi connectivity index (χ0) is 14.3. The predicted molar refractivity (Wildman–Crippen MR) is 78.1 cm³/mol. The number of carbonyl (C=O) groups is 1. The summed E-state index contributed by atoms with van der Waals surface area (Å²) in [6, 6.07) is 0. The first-order valence-electron chi connectivity index (χ1n) is 7.62. The molecule has 3 N–H and O–H groups in total. The van der Waals surface area contributed by atoms with Gasteiger partial charge in [0.25, 0.3) is 0 Å². The Labute approximate surface area is 119 Å². The van der Waals surface area contributed by atoms with E-state index in [1.165, 1.54) is 25.7 Å². The Morgan fingerprint density at radius 3 is 2.40 bits per heavy atom. The molecule has 0 unspecified atom stereocenters.